The monoisotopic (exact) mass is 483 g/mol. The lowest BCUT2D eigenvalue weighted by Crippen LogP contribution is -2.64. The predicted octanol–water partition coefficient (Wildman–Crippen LogP) is 2.70. The maximum atomic E-state index is 13.7. The molecule has 2 fully saturated rings. The number of likely N-dealkylation sites (tertiary alicyclic amines) is 1. The number of hydrogen-bond donors (Lipinski definition) is 2. The Balaban J connectivity index is 1.68. The standard InChI is InChI=1S/C25H29N3O5S/c1-24(2)19-13-14-25(24,3)23(31)28(22(19)30)20(15-16-7-5-4-6-8-16)21(29)27-17-9-11-18(12-10-17)34(26,32)33/h4-12,19-20H,13-15H2,1-3H3,(H,27,29)(H2,26,32,33). The number of imide groups is 1. The Morgan fingerprint density at radius 2 is 1.71 bits per heavy atom. The smallest absolute Gasteiger partial charge is 0.248 e. The Bertz CT molecular complexity index is 1240. The summed E-state index contributed by atoms with van der Waals surface area (Å²) in [5.74, 6) is -1.49. The Morgan fingerprint density at radius 1 is 1.09 bits per heavy atom. The first-order valence-corrected chi connectivity index (χ1v) is 12.8. The molecule has 180 valence electrons. The number of nitrogens with zero attached hydrogens (tertiary/aromatic N) is 1. The van der Waals surface area contributed by atoms with Gasteiger partial charge < -0.3 is 5.32 Å². The SMILES string of the molecule is CC12CCC(C(=O)N(C(Cc3ccccc3)C(=O)Nc3ccc(S(N)(=O)=O)cc3)C1=O)C2(C)C. The van der Waals surface area contributed by atoms with Crippen LogP contribution in [0, 0.1) is 16.7 Å². The molecule has 0 aromatic heterocycles. The summed E-state index contributed by atoms with van der Waals surface area (Å²) in [5, 5.41) is 7.88. The first-order valence-electron chi connectivity index (χ1n) is 11.2. The second-order valence-electron chi connectivity index (χ2n) is 9.92. The van der Waals surface area contributed by atoms with Gasteiger partial charge in [-0.2, -0.15) is 0 Å². The van der Waals surface area contributed by atoms with Crippen molar-refractivity contribution in [2.24, 2.45) is 21.9 Å². The third-order valence-electron chi connectivity index (χ3n) is 7.79. The van der Waals surface area contributed by atoms with Crippen molar-refractivity contribution in [1.29, 1.82) is 0 Å². The summed E-state index contributed by atoms with van der Waals surface area (Å²) in [7, 11) is -3.87. The second-order valence-corrected chi connectivity index (χ2v) is 11.5. The van der Waals surface area contributed by atoms with Gasteiger partial charge in [0.15, 0.2) is 0 Å². The van der Waals surface area contributed by atoms with Crippen molar-refractivity contribution in [2.75, 3.05) is 5.32 Å². The number of amides is 3. The molecule has 8 nitrogen and oxygen atoms in total. The fraction of sp³-hybridized carbons (Fsp3) is 0.400. The van der Waals surface area contributed by atoms with Crippen LogP contribution in [0.1, 0.15) is 39.2 Å². The molecule has 2 aromatic rings. The van der Waals surface area contributed by atoms with Crippen LogP contribution >= 0.6 is 0 Å². The molecular weight excluding hydrogens is 454 g/mol. The van der Waals surface area contributed by atoms with Crippen molar-refractivity contribution < 1.29 is 22.8 Å². The van der Waals surface area contributed by atoms with Gasteiger partial charge in [0.1, 0.15) is 6.04 Å². The number of benzene rings is 2. The number of carbonyl (C=O) groups excluding carboxylic acids is 3. The molecule has 1 aliphatic heterocycles. The van der Waals surface area contributed by atoms with Crippen LogP contribution in [0.4, 0.5) is 5.69 Å². The summed E-state index contributed by atoms with van der Waals surface area (Å²) in [6, 6.07) is 13.6. The topological polar surface area (TPSA) is 127 Å². The Morgan fingerprint density at radius 3 is 2.29 bits per heavy atom. The fourth-order valence-electron chi connectivity index (χ4n) is 5.24. The van der Waals surface area contributed by atoms with E-state index in [1.807, 2.05) is 51.1 Å². The summed E-state index contributed by atoms with van der Waals surface area (Å²) in [5.41, 5.74) is -0.0792. The second kappa shape index (κ2) is 8.32. The molecule has 2 aromatic carbocycles. The van der Waals surface area contributed by atoms with Gasteiger partial charge in [0.2, 0.25) is 27.7 Å². The molecule has 4 rings (SSSR count). The highest BCUT2D eigenvalue weighted by molar-refractivity contribution is 7.89. The van der Waals surface area contributed by atoms with E-state index >= 15 is 0 Å². The summed E-state index contributed by atoms with van der Waals surface area (Å²) >= 11 is 0. The van der Waals surface area contributed by atoms with Gasteiger partial charge in [-0.1, -0.05) is 51.1 Å². The van der Waals surface area contributed by atoms with E-state index in [0.29, 0.717) is 18.5 Å². The molecule has 2 aliphatic rings. The zero-order valence-corrected chi connectivity index (χ0v) is 20.3. The fourth-order valence-corrected chi connectivity index (χ4v) is 5.75. The largest absolute Gasteiger partial charge is 0.324 e. The van der Waals surface area contributed by atoms with Crippen LogP contribution in [-0.4, -0.2) is 37.1 Å². The van der Waals surface area contributed by atoms with Crippen molar-refractivity contribution in [3.05, 3.63) is 60.2 Å². The molecule has 2 bridgehead atoms. The summed E-state index contributed by atoms with van der Waals surface area (Å²) in [6.45, 7) is 5.80. The quantitative estimate of drug-likeness (QED) is 0.611. The zero-order valence-electron chi connectivity index (χ0n) is 19.4. The molecule has 9 heteroatoms. The van der Waals surface area contributed by atoms with Gasteiger partial charge in [-0.15, -0.1) is 0 Å². The minimum Gasteiger partial charge on any atom is -0.324 e. The van der Waals surface area contributed by atoms with E-state index < -0.39 is 32.8 Å². The van der Waals surface area contributed by atoms with Crippen LogP contribution < -0.4 is 10.5 Å². The highest BCUT2D eigenvalue weighted by atomic mass is 32.2. The number of nitrogens with two attached hydrogens (primary N) is 1. The van der Waals surface area contributed by atoms with Crippen molar-refractivity contribution in [3.8, 4) is 0 Å². The molecule has 0 spiro atoms. The van der Waals surface area contributed by atoms with Gasteiger partial charge >= 0.3 is 0 Å². The number of primary sulfonamides is 1. The number of piperidine rings is 1. The van der Waals surface area contributed by atoms with Gasteiger partial charge in [-0.3, -0.25) is 19.3 Å². The molecule has 1 heterocycles. The van der Waals surface area contributed by atoms with Gasteiger partial charge in [0, 0.05) is 18.0 Å². The van der Waals surface area contributed by atoms with Crippen molar-refractivity contribution in [2.45, 2.75) is 51.0 Å². The Hall–Kier alpha value is -3.04. The molecule has 3 atom stereocenters. The lowest BCUT2D eigenvalue weighted by molar-refractivity contribution is -0.172. The number of hydrogen-bond acceptors (Lipinski definition) is 5. The Kier molecular flexibility index (Phi) is 5.90. The number of sulfonamides is 1. The zero-order chi connectivity index (χ0) is 24.9. The predicted molar refractivity (Wildman–Crippen MR) is 127 cm³/mol. The van der Waals surface area contributed by atoms with Crippen molar-refractivity contribution >= 4 is 33.4 Å². The van der Waals surface area contributed by atoms with Crippen LogP contribution in [0.3, 0.4) is 0 Å². The first kappa shape index (κ1) is 24.1. The van der Waals surface area contributed by atoms with E-state index in [1.54, 1.807) is 0 Å². The maximum absolute atomic E-state index is 13.7. The number of nitrogens with one attached hydrogen (secondary N) is 1. The third-order valence-corrected chi connectivity index (χ3v) is 8.72. The van der Waals surface area contributed by atoms with E-state index in [1.165, 1.54) is 29.2 Å². The number of fused-ring (bicyclic) bond motifs is 2. The van der Waals surface area contributed by atoms with E-state index in [-0.39, 0.29) is 29.0 Å². The normalized spacial score (nSPS) is 24.7. The Labute approximate surface area is 199 Å². The molecule has 34 heavy (non-hydrogen) atoms. The average Bonchev–Trinajstić information content (AvgIpc) is 2.96. The average molecular weight is 484 g/mol. The van der Waals surface area contributed by atoms with Crippen LogP contribution in [-0.2, 0) is 30.8 Å². The minimum absolute atomic E-state index is 0.0838. The maximum Gasteiger partial charge on any atom is 0.248 e. The number of anilines is 1. The van der Waals surface area contributed by atoms with Crippen LogP contribution in [0.5, 0.6) is 0 Å². The number of rotatable bonds is 6. The molecule has 1 saturated carbocycles. The van der Waals surface area contributed by atoms with Crippen molar-refractivity contribution in [1.82, 2.24) is 4.90 Å². The van der Waals surface area contributed by atoms with Gasteiger partial charge in [-0.25, -0.2) is 13.6 Å². The van der Waals surface area contributed by atoms with E-state index in [0.717, 1.165) is 5.56 Å². The summed E-state index contributed by atoms with van der Waals surface area (Å²) in [6.07, 6.45) is 1.38. The van der Waals surface area contributed by atoms with Gasteiger partial charge in [0.25, 0.3) is 0 Å². The van der Waals surface area contributed by atoms with Gasteiger partial charge in [0.05, 0.1) is 10.3 Å². The third kappa shape index (κ3) is 3.92. The molecule has 1 aliphatic carbocycles. The minimum atomic E-state index is -3.87. The summed E-state index contributed by atoms with van der Waals surface area (Å²) in [4.78, 5) is 41.8. The molecule has 3 unspecified atom stereocenters. The number of carbonyl (C=O) groups is 3. The first-order chi connectivity index (χ1) is 15.9. The van der Waals surface area contributed by atoms with Crippen molar-refractivity contribution in [3.63, 3.8) is 0 Å². The van der Waals surface area contributed by atoms with E-state index in [4.69, 9.17) is 5.14 Å². The molecular formula is C25H29N3O5S. The van der Waals surface area contributed by atoms with Crippen LogP contribution in [0.25, 0.3) is 0 Å². The molecule has 3 amide bonds. The van der Waals surface area contributed by atoms with Crippen LogP contribution in [0.2, 0.25) is 0 Å². The molecule has 3 N–H and O–H groups in total. The van der Waals surface area contributed by atoms with Crippen LogP contribution in [0.15, 0.2) is 59.5 Å². The summed E-state index contributed by atoms with van der Waals surface area (Å²) < 4.78 is 23.0. The lowest BCUT2D eigenvalue weighted by Gasteiger charge is -2.49. The molecule has 0 radical (unpaired) electrons. The van der Waals surface area contributed by atoms with E-state index in [2.05, 4.69) is 5.32 Å². The van der Waals surface area contributed by atoms with Gasteiger partial charge in [-0.05, 0) is 48.1 Å². The molecule has 1 saturated heterocycles. The highest BCUT2D eigenvalue weighted by Gasteiger charge is 2.65. The lowest BCUT2D eigenvalue weighted by atomic mass is 9.62. The van der Waals surface area contributed by atoms with E-state index in [9.17, 15) is 22.8 Å². The highest BCUT2D eigenvalue weighted by Crippen LogP contribution is 2.60.